The standard InChI is InChI=1S/C29H48O2/c1-7-21(17(2)3)27-26(31-27)18(4)23-10-11-24-22-9-8-19-16-20(30)12-14-28(19,5)25(22)13-15-29(23,24)6/h8,17-18,20-27,30H,7,9-16H2,1-6H3/t18-,20-,21-,22-,23+,24-,25-,26+,27+,28-,29+/m0/s1. The minimum absolute atomic E-state index is 0.0919. The summed E-state index contributed by atoms with van der Waals surface area (Å²) in [6.07, 6.45) is 14.9. The first-order chi connectivity index (χ1) is 14.7. The highest BCUT2D eigenvalue weighted by molar-refractivity contribution is 5.25. The van der Waals surface area contributed by atoms with Crippen LogP contribution in [0, 0.1) is 52.3 Å². The lowest BCUT2D eigenvalue weighted by Gasteiger charge is -2.58. The quantitative estimate of drug-likeness (QED) is 0.377. The molecule has 0 bridgehead atoms. The molecule has 176 valence electrons. The molecule has 5 aliphatic rings. The van der Waals surface area contributed by atoms with Crippen molar-refractivity contribution in [1.29, 1.82) is 0 Å². The van der Waals surface area contributed by atoms with Gasteiger partial charge in [0.2, 0.25) is 0 Å². The molecule has 5 rings (SSSR count). The summed E-state index contributed by atoms with van der Waals surface area (Å²) in [7, 11) is 0. The summed E-state index contributed by atoms with van der Waals surface area (Å²) in [4.78, 5) is 0. The van der Waals surface area contributed by atoms with Crippen molar-refractivity contribution in [3.63, 3.8) is 0 Å². The van der Waals surface area contributed by atoms with Gasteiger partial charge in [-0.15, -0.1) is 0 Å². The number of allylic oxidation sites excluding steroid dienone is 1. The van der Waals surface area contributed by atoms with Gasteiger partial charge in [-0.05, 0) is 104 Å². The maximum Gasteiger partial charge on any atom is 0.0875 e. The lowest BCUT2D eigenvalue weighted by atomic mass is 9.47. The molecule has 1 heterocycles. The van der Waals surface area contributed by atoms with Crippen molar-refractivity contribution >= 4 is 0 Å². The molecule has 4 aliphatic carbocycles. The summed E-state index contributed by atoms with van der Waals surface area (Å²) < 4.78 is 6.40. The molecule has 0 radical (unpaired) electrons. The van der Waals surface area contributed by atoms with Gasteiger partial charge in [-0.2, -0.15) is 0 Å². The summed E-state index contributed by atoms with van der Waals surface area (Å²) in [5.74, 6) is 5.62. The fourth-order valence-electron chi connectivity index (χ4n) is 9.76. The number of fused-ring (bicyclic) bond motifs is 5. The first-order valence-corrected chi connectivity index (χ1v) is 13.7. The largest absolute Gasteiger partial charge is 0.393 e. The van der Waals surface area contributed by atoms with E-state index in [9.17, 15) is 5.11 Å². The Morgan fingerprint density at radius 1 is 1.03 bits per heavy atom. The van der Waals surface area contributed by atoms with E-state index in [4.69, 9.17) is 4.74 Å². The van der Waals surface area contributed by atoms with E-state index in [1.165, 1.54) is 44.9 Å². The van der Waals surface area contributed by atoms with Crippen molar-refractivity contribution in [3.8, 4) is 0 Å². The van der Waals surface area contributed by atoms with Crippen LogP contribution in [0.5, 0.6) is 0 Å². The second-order valence-corrected chi connectivity index (χ2v) is 13.1. The van der Waals surface area contributed by atoms with Crippen molar-refractivity contribution in [1.82, 2.24) is 0 Å². The van der Waals surface area contributed by atoms with Crippen LogP contribution >= 0.6 is 0 Å². The third-order valence-electron chi connectivity index (χ3n) is 11.6. The van der Waals surface area contributed by atoms with Crippen LogP contribution < -0.4 is 0 Å². The van der Waals surface area contributed by atoms with Gasteiger partial charge < -0.3 is 9.84 Å². The number of hydrogen-bond donors (Lipinski definition) is 1. The number of ether oxygens (including phenoxy) is 1. The Hall–Kier alpha value is -0.340. The van der Waals surface area contributed by atoms with E-state index in [1.54, 1.807) is 5.57 Å². The van der Waals surface area contributed by atoms with E-state index in [0.717, 1.165) is 48.3 Å². The average molecular weight is 429 g/mol. The van der Waals surface area contributed by atoms with Gasteiger partial charge in [0.15, 0.2) is 0 Å². The molecule has 0 aromatic rings. The lowest BCUT2D eigenvalue weighted by molar-refractivity contribution is -0.0582. The highest BCUT2D eigenvalue weighted by Crippen LogP contribution is 2.68. The molecule has 1 saturated heterocycles. The van der Waals surface area contributed by atoms with Gasteiger partial charge in [0, 0.05) is 0 Å². The molecule has 31 heavy (non-hydrogen) atoms. The molecule has 3 saturated carbocycles. The number of aliphatic hydroxyl groups is 1. The van der Waals surface area contributed by atoms with Crippen molar-refractivity contribution in [2.75, 3.05) is 0 Å². The Bertz CT molecular complexity index is 712. The van der Waals surface area contributed by atoms with Crippen LogP contribution in [0.4, 0.5) is 0 Å². The van der Waals surface area contributed by atoms with E-state index in [1.807, 2.05) is 0 Å². The minimum atomic E-state index is -0.0919. The molecule has 4 fully saturated rings. The highest BCUT2D eigenvalue weighted by atomic mass is 16.6. The van der Waals surface area contributed by atoms with E-state index in [2.05, 4.69) is 47.6 Å². The maximum atomic E-state index is 10.3. The predicted molar refractivity (Wildman–Crippen MR) is 128 cm³/mol. The molecule has 2 nitrogen and oxygen atoms in total. The number of aliphatic hydroxyl groups excluding tert-OH is 1. The van der Waals surface area contributed by atoms with Gasteiger partial charge in [-0.25, -0.2) is 0 Å². The SMILES string of the molecule is CC[C@@H](C(C)C)[C@H]1O[C@@H]1[C@@H](C)[C@H]1CC[C@H]2[C@@H]3CC=C4C[C@@H](O)CC[C@]4(C)[C@H]3CC[C@]12C. The van der Waals surface area contributed by atoms with Gasteiger partial charge in [-0.1, -0.05) is 59.6 Å². The summed E-state index contributed by atoms with van der Waals surface area (Å²) in [5.41, 5.74) is 2.48. The minimum Gasteiger partial charge on any atom is -0.393 e. The zero-order valence-corrected chi connectivity index (χ0v) is 21.1. The Kier molecular flexibility index (Phi) is 5.70. The van der Waals surface area contributed by atoms with Gasteiger partial charge in [0.05, 0.1) is 18.3 Å². The zero-order valence-electron chi connectivity index (χ0n) is 21.1. The molecule has 1 N–H and O–H groups in total. The lowest BCUT2D eigenvalue weighted by Crippen LogP contribution is -2.51. The summed E-state index contributed by atoms with van der Waals surface area (Å²) in [6.45, 7) is 14.9. The first-order valence-electron chi connectivity index (χ1n) is 13.7. The van der Waals surface area contributed by atoms with E-state index in [0.29, 0.717) is 29.0 Å². The molecule has 0 spiro atoms. The second-order valence-electron chi connectivity index (χ2n) is 13.1. The van der Waals surface area contributed by atoms with Crippen molar-refractivity contribution < 1.29 is 9.84 Å². The summed E-state index contributed by atoms with van der Waals surface area (Å²) in [6, 6.07) is 0. The van der Waals surface area contributed by atoms with Crippen molar-refractivity contribution in [3.05, 3.63) is 11.6 Å². The van der Waals surface area contributed by atoms with E-state index in [-0.39, 0.29) is 6.10 Å². The summed E-state index contributed by atoms with van der Waals surface area (Å²) >= 11 is 0. The Morgan fingerprint density at radius 3 is 2.52 bits per heavy atom. The Morgan fingerprint density at radius 2 is 1.81 bits per heavy atom. The van der Waals surface area contributed by atoms with Crippen LogP contribution in [-0.4, -0.2) is 23.4 Å². The van der Waals surface area contributed by atoms with Crippen molar-refractivity contribution in [2.45, 2.75) is 118 Å². The van der Waals surface area contributed by atoms with Crippen LogP contribution in [0.2, 0.25) is 0 Å². The fraction of sp³-hybridized carbons (Fsp3) is 0.931. The third kappa shape index (κ3) is 3.40. The maximum absolute atomic E-state index is 10.3. The van der Waals surface area contributed by atoms with Crippen molar-refractivity contribution in [2.24, 2.45) is 52.3 Å². The van der Waals surface area contributed by atoms with Crippen LogP contribution in [0.1, 0.15) is 99.3 Å². The van der Waals surface area contributed by atoms with Gasteiger partial charge in [0.25, 0.3) is 0 Å². The van der Waals surface area contributed by atoms with E-state index >= 15 is 0 Å². The predicted octanol–water partition coefficient (Wildman–Crippen LogP) is 7.01. The van der Waals surface area contributed by atoms with Crippen LogP contribution in [0.15, 0.2) is 11.6 Å². The second kappa shape index (κ2) is 7.86. The Labute approximate surface area is 191 Å². The number of epoxide rings is 1. The zero-order chi connectivity index (χ0) is 22.1. The number of rotatable bonds is 5. The molecule has 0 aromatic heterocycles. The third-order valence-corrected chi connectivity index (χ3v) is 11.6. The smallest absolute Gasteiger partial charge is 0.0875 e. The van der Waals surface area contributed by atoms with Crippen LogP contribution in [0.3, 0.4) is 0 Å². The molecular formula is C29H48O2. The monoisotopic (exact) mass is 428 g/mol. The molecule has 0 aromatic carbocycles. The summed E-state index contributed by atoms with van der Waals surface area (Å²) in [5, 5.41) is 10.3. The van der Waals surface area contributed by atoms with Crippen LogP contribution in [-0.2, 0) is 4.74 Å². The molecule has 1 aliphatic heterocycles. The highest BCUT2D eigenvalue weighted by Gasteiger charge is 2.61. The van der Waals surface area contributed by atoms with Gasteiger partial charge in [0.1, 0.15) is 0 Å². The Balaban J connectivity index is 1.33. The first kappa shape index (κ1) is 22.5. The molecular weight excluding hydrogens is 380 g/mol. The molecule has 0 amide bonds. The molecule has 2 heteroatoms. The van der Waals surface area contributed by atoms with Crippen LogP contribution in [0.25, 0.3) is 0 Å². The fourth-order valence-corrected chi connectivity index (χ4v) is 9.76. The molecule has 11 atom stereocenters. The van der Waals surface area contributed by atoms with Gasteiger partial charge >= 0.3 is 0 Å². The van der Waals surface area contributed by atoms with E-state index < -0.39 is 0 Å². The normalized spacial score (nSPS) is 50.8. The van der Waals surface area contributed by atoms with Gasteiger partial charge in [-0.3, -0.25) is 0 Å². The number of hydrogen-bond acceptors (Lipinski definition) is 2. The molecule has 0 unspecified atom stereocenters. The topological polar surface area (TPSA) is 32.8 Å². The average Bonchev–Trinajstić information content (AvgIpc) is 3.42.